The van der Waals surface area contributed by atoms with E-state index in [9.17, 15) is 22.4 Å². The van der Waals surface area contributed by atoms with Crippen LogP contribution in [-0.2, 0) is 11.0 Å². The second-order valence-corrected chi connectivity index (χ2v) is 5.12. The summed E-state index contributed by atoms with van der Waals surface area (Å²) in [4.78, 5) is 11.9. The van der Waals surface area contributed by atoms with Crippen molar-refractivity contribution < 1.29 is 22.4 Å². The summed E-state index contributed by atoms with van der Waals surface area (Å²) in [7, 11) is 0. The number of carbonyl (C=O) groups excluding carboxylic acids is 1. The van der Waals surface area contributed by atoms with Gasteiger partial charge in [0, 0.05) is 0 Å². The van der Waals surface area contributed by atoms with E-state index in [4.69, 9.17) is 0 Å². The van der Waals surface area contributed by atoms with Gasteiger partial charge in [-0.3, -0.25) is 4.79 Å². The maximum Gasteiger partial charge on any atom is 0.419 e. The summed E-state index contributed by atoms with van der Waals surface area (Å²) in [5.74, 6) is -1.57. The van der Waals surface area contributed by atoms with Gasteiger partial charge in [0.2, 0.25) is 5.91 Å². The third-order valence-corrected chi connectivity index (χ3v) is 3.53. The summed E-state index contributed by atoms with van der Waals surface area (Å²) >= 11 is 0. The lowest BCUT2D eigenvalue weighted by Crippen LogP contribution is -2.41. The molecule has 1 saturated heterocycles. The molecular formula is C14H16F4N2O. The Morgan fingerprint density at radius 1 is 1.43 bits per heavy atom. The molecular weight excluding hydrogens is 288 g/mol. The molecule has 1 heterocycles. The van der Waals surface area contributed by atoms with Crippen molar-refractivity contribution in [2.45, 2.75) is 38.0 Å². The molecule has 0 bridgehead atoms. The number of amides is 1. The highest BCUT2D eigenvalue weighted by molar-refractivity contribution is 5.82. The Kier molecular flexibility index (Phi) is 4.51. The first-order valence-electron chi connectivity index (χ1n) is 6.69. The van der Waals surface area contributed by atoms with Crippen LogP contribution in [0.4, 0.5) is 17.6 Å². The van der Waals surface area contributed by atoms with Crippen molar-refractivity contribution >= 4 is 5.91 Å². The highest BCUT2D eigenvalue weighted by atomic mass is 19.4. The van der Waals surface area contributed by atoms with E-state index in [0.29, 0.717) is 6.42 Å². The van der Waals surface area contributed by atoms with E-state index in [1.54, 1.807) is 6.92 Å². The fourth-order valence-corrected chi connectivity index (χ4v) is 2.34. The van der Waals surface area contributed by atoms with Gasteiger partial charge in [-0.1, -0.05) is 6.07 Å². The first kappa shape index (κ1) is 15.8. The lowest BCUT2D eigenvalue weighted by molar-refractivity contribution is -0.140. The Labute approximate surface area is 119 Å². The number of rotatable bonds is 3. The van der Waals surface area contributed by atoms with Crippen LogP contribution in [-0.4, -0.2) is 18.5 Å². The molecule has 2 rings (SSSR count). The number of carbonyl (C=O) groups is 1. The van der Waals surface area contributed by atoms with Crippen molar-refractivity contribution in [1.29, 1.82) is 0 Å². The number of nitrogens with one attached hydrogen (secondary N) is 2. The van der Waals surface area contributed by atoms with E-state index < -0.39 is 23.6 Å². The molecule has 1 aromatic carbocycles. The second-order valence-electron chi connectivity index (χ2n) is 5.12. The molecule has 0 unspecified atom stereocenters. The van der Waals surface area contributed by atoms with E-state index in [0.717, 1.165) is 25.1 Å². The second kappa shape index (κ2) is 6.01. The van der Waals surface area contributed by atoms with Crippen LogP contribution in [0.1, 0.15) is 36.9 Å². The van der Waals surface area contributed by atoms with Gasteiger partial charge in [-0.2, -0.15) is 13.2 Å². The van der Waals surface area contributed by atoms with Crippen LogP contribution in [0, 0.1) is 5.82 Å². The quantitative estimate of drug-likeness (QED) is 0.843. The van der Waals surface area contributed by atoms with E-state index in [1.165, 1.54) is 6.07 Å². The van der Waals surface area contributed by atoms with Crippen LogP contribution < -0.4 is 10.6 Å². The molecule has 0 radical (unpaired) electrons. The highest BCUT2D eigenvalue weighted by Crippen LogP contribution is 2.33. The maximum atomic E-state index is 13.2. The Morgan fingerprint density at radius 2 is 2.14 bits per heavy atom. The van der Waals surface area contributed by atoms with Gasteiger partial charge in [-0.25, -0.2) is 4.39 Å². The predicted octanol–water partition coefficient (Wildman–Crippen LogP) is 2.77. The van der Waals surface area contributed by atoms with E-state index in [-0.39, 0.29) is 17.5 Å². The van der Waals surface area contributed by atoms with Crippen LogP contribution in [0.15, 0.2) is 18.2 Å². The lowest BCUT2D eigenvalue weighted by atomic mass is 10.0. The summed E-state index contributed by atoms with van der Waals surface area (Å²) in [5.41, 5.74) is -1.10. The number of hydrogen-bond donors (Lipinski definition) is 2. The average molecular weight is 304 g/mol. The van der Waals surface area contributed by atoms with Gasteiger partial charge in [0.25, 0.3) is 0 Å². The maximum absolute atomic E-state index is 13.2. The molecule has 0 spiro atoms. The van der Waals surface area contributed by atoms with Crippen LogP contribution in [0.2, 0.25) is 0 Å². The zero-order valence-electron chi connectivity index (χ0n) is 11.4. The monoisotopic (exact) mass is 304 g/mol. The molecule has 3 nitrogen and oxygen atoms in total. The first-order chi connectivity index (χ1) is 9.79. The Bertz CT molecular complexity index is 524. The molecule has 1 aromatic rings. The zero-order chi connectivity index (χ0) is 15.6. The molecule has 2 N–H and O–H groups in total. The van der Waals surface area contributed by atoms with Crippen LogP contribution in [0.3, 0.4) is 0 Å². The van der Waals surface area contributed by atoms with Gasteiger partial charge >= 0.3 is 6.18 Å². The first-order valence-corrected chi connectivity index (χ1v) is 6.69. The molecule has 7 heteroatoms. The van der Waals surface area contributed by atoms with Gasteiger partial charge in [-0.05, 0) is 44.0 Å². The van der Waals surface area contributed by atoms with Crippen molar-refractivity contribution in [2.75, 3.05) is 6.54 Å². The van der Waals surface area contributed by atoms with E-state index in [1.807, 2.05) is 0 Å². The SMILES string of the molecule is C[C@H](NC(=O)[C@@H]1CCCN1)c1ccc(F)c(C(F)(F)F)c1. The van der Waals surface area contributed by atoms with E-state index >= 15 is 0 Å². The topological polar surface area (TPSA) is 41.1 Å². The largest absolute Gasteiger partial charge is 0.419 e. The minimum atomic E-state index is -4.75. The summed E-state index contributed by atoms with van der Waals surface area (Å²) in [5, 5.41) is 5.65. The predicted molar refractivity (Wildman–Crippen MR) is 69.0 cm³/mol. The van der Waals surface area contributed by atoms with Crippen molar-refractivity contribution in [3.63, 3.8) is 0 Å². The fraction of sp³-hybridized carbons (Fsp3) is 0.500. The van der Waals surface area contributed by atoms with Crippen molar-refractivity contribution in [3.05, 3.63) is 35.1 Å². The van der Waals surface area contributed by atoms with Gasteiger partial charge < -0.3 is 10.6 Å². The average Bonchev–Trinajstić information content (AvgIpc) is 2.91. The van der Waals surface area contributed by atoms with Gasteiger partial charge in [0.1, 0.15) is 5.82 Å². The molecule has 2 atom stereocenters. The minimum Gasteiger partial charge on any atom is -0.348 e. The molecule has 1 fully saturated rings. The van der Waals surface area contributed by atoms with E-state index in [2.05, 4.69) is 10.6 Å². The summed E-state index contributed by atoms with van der Waals surface area (Å²) in [6, 6.07) is 1.82. The molecule has 0 saturated carbocycles. The molecule has 1 amide bonds. The molecule has 1 aliphatic rings. The molecule has 0 aliphatic carbocycles. The van der Waals surface area contributed by atoms with Gasteiger partial charge in [-0.15, -0.1) is 0 Å². The smallest absolute Gasteiger partial charge is 0.348 e. The highest BCUT2D eigenvalue weighted by Gasteiger charge is 2.34. The van der Waals surface area contributed by atoms with Gasteiger partial charge in [0.15, 0.2) is 0 Å². The molecule has 116 valence electrons. The third kappa shape index (κ3) is 3.72. The number of alkyl halides is 3. The standard InChI is InChI=1S/C14H16F4N2O/c1-8(20-13(21)12-3-2-6-19-12)9-4-5-11(15)10(7-9)14(16,17)18/h4-5,7-8,12,19H,2-3,6H2,1H3,(H,20,21)/t8-,12-/m0/s1. The lowest BCUT2D eigenvalue weighted by Gasteiger charge is -2.19. The number of hydrogen-bond acceptors (Lipinski definition) is 2. The number of halogens is 4. The summed E-state index contributed by atoms with van der Waals surface area (Å²) in [6.45, 7) is 2.32. The van der Waals surface area contributed by atoms with Crippen LogP contribution in [0.25, 0.3) is 0 Å². The summed E-state index contributed by atoms with van der Waals surface area (Å²) < 4.78 is 51.2. The Hall–Kier alpha value is -1.63. The minimum absolute atomic E-state index is 0.218. The van der Waals surface area contributed by atoms with Crippen molar-refractivity contribution in [3.8, 4) is 0 Å². The molecule has 0 aromatic heterocycles. The fourth-order valence-electron chi connectivity index (χ4n) is 2.34. The number of benzene rings is 1. The molecule has 1 aliphatic heterocycles. The Balaban J connectivity index is 2.12. The summed E-state index contributed by atoms with van der Waals surface area (Å²) in [6.07, 6.45) is -3.16. The molecule has 21 heavy (non-hydrogen) atoms. The van der Waals surface area contributed by atoms with Crippen molar-refractivity contribution in [2.24, 2.45) is 0 Å². The normalized spacial score (nSPS) is 20.3. The van der Waals surface area contributed by atoms with Crippen LogP contribution in [0.5, 0.6) is 0 Å². The van der Waals surface area contributed by atoms with Crippen LogP contribution >= 0.6 is 0 Å². The zero-order valence-corrected chi connectivity index (χ0v) is 11.4. The van der Waals surface area contributed by atoms with Gasteiger partial charge in [0.05, 0.1) is 17.6 Å². The Morgan fingerprint density at radius 3 is 2.71 bits per heavy atom. The van der Waals surface area contributed by atoms with Crippen molar-refractivity contribution in [1.82, 2.24) is 10.6 Å². The third-order valence-electron chi connectivity index (χ3n) is 3.53.